The maximum atomic E-state index is 12.9. The van der Waals surface area contributed by atoms with Gasteiger partial charge in [-0.25, -0.2) is 15.0 Å². The minimum atomic E-state index is -0.00603. The first-order chi connectivity index (χ1) is 14.6. The molecule has 3 heterocycles. The van der Waals surface area contributed by atoms with Gasteiger partial charge in [0.2, 0.25) is 5.95 Å². The molecule has 4 aromatic rings. The van der Waals surface area contributed by atoms with Crippen molar-refractivity contribution < 1.29 is 4.79 Å². The summed E-state index contributed by atoms with van der Waals surface area (Å²) in [6.07, 6.45) is 1.80. The molecule has 0 spiro atoms. The van der Waals surface area contributed by atoms with E-state index >= 15 is 0 Å². The number of thiazole rings is 1. The van der Waals surface area contributed by atoms with Crippen LogP contribution in [-0.4, -0.2) is 51.9 Å². The molecule has 1 saturated heterocycles. The van der Waals surface area contributed by atoms with Gasteiger partial charge in [-0.3, -0.25) is 4.79 Å². The summed E-state index contributed by atoms with van der Waals surface area (Å²) in [4.78, 5) is 28.6. The molecule has 1 aliphatic rings. The normalized spacial score (nSPS) is 14.4. The molecule has 8 heteroatoms. The second kappa shape index (κ2) is 7.62. The summed E-state index contributed by atoms with van der Waals surface area (Å²) < 4.78 is 0.956. The number of hydrogen-bond donors (Lipinski definition) is 2. The van der Waals surface area contributed by atoms with E-state index in [1.807, 2.05) is 17.0 Å². The van der Waals surface area contributed by atoms with Gasteiger partial charge in [0, 0.05) is 43.4 Å². The van der Waals surface area contributed by atoms with E-state index in [9.17, 15) is 4.79 Å². The summed E-state index contributed by atoms with van der Waals surface area (Å²) in [5, 5.41) is 7.98. The highest BCUT2D eigenvalue weighted by Gasteiger charge is 2.22. The molecular formula is C22H22N6OS. The van der Waals surface area contributed by atoms with E-state index in [4.69, 9.17) is 4.98 Å². The number of rotatable bonds is 3. The predicted octanol–water partition coefficient (Wildman–Crippen LogP) is 3.65. The van der Waals surface area contributed by atoms with Crippen LogP contribution in [0.1, 0.15) is 20.9 Å². The van der Waals surface area contributed by atoms with E-state index in [1.54, 1.807) is 6.20 Å². The third-order valence-corrected chi connectivity index (χ3v) is 6.18. The van der Waals surface area contributed by atoms with Crippen LogP contribution in [0.25, 0.3) is 21.1 Å². The number of aromatic nitrogens is 3. The Hall–Kier alpha value is -3.10. The molecule has 1 amide bonds. The van der Waals surface area contributed by atoms with Gasteiger partial charge < -0.3 is 15.5 Å². The monoisotopic (exact) mass is 418 g/mol. The van der Waals surface area contributed by atoms with Crippen LogP contribution >= 0.6 is 11.3 Å². The lowest BCUT2D eigenvalue weighted by atomic mass is 10.1. The number of hydrogen-bond acceptors (Lipinski definition) is 7. The lowest BCUT2D eigenvalue weighted by Gasteiger charge is -2.26. The summed E-state index contributed by atoms with van der Waals surface area (Å²) in [5.74, 6) is 0.511. The van der Waals surface area contributed by atoms with Crippen LogP contribution in [0.4, 0.5) is 11.6 Å². The molecule has 152 valence electrons. The van der Waals surface area contributed by atoms with Gasteiger partial charge >= 0.3 is 0 Å². The number of aryl methyl sites for hydroxylation is 2. The zero-order valence-corrected chi connectivity index (χ0v) is 17.7. The van der Waals surface area contributed by atoms with Crippen molar-refractivity contribution >= 4 is 50.0 Å². The smallest absolute Gasteiger partial charge is 0.282 e. The first-order valence-electron chi connectivity index (χ1n) is 9.98. The molecule has 2 aromatic carbocycles. The van der Waals surface area contributed by atoms with Crippen LogP contribution in [0.3, 0.4) is 0 Å². The van der Waals surface area contributed by atoms with Crippen molar-refractivity contribution in [1.29, 1.82) is 0 Å². The number of nitrogens with one attached hydrogen (secondary N) is 2. The Balaban J connectivity index is 1.52. The van der Waals surface area contributed by atoms with Crippen molar-refractivity contribution in [3.05, 3.63) is 52.7 Å². The zero-order valence-electron chi connectivity index (χ0n) is 16.9. The topological polar surface area (TPSA) is 83.0 Å². The lowest BCUT2D eigenvalue weighted by Crippen LogP contribution is -2.46. The molecule has 0 atom stereocenters. The molecule has 7 nitrogen and oxygen atoms in total. The minimum Gasteiger partial charge on any atom is -0.334 e. The van der Waals surface area contributed by atoms with E-state index in [2.05, 4.69) is 52.6 Å². The van der Waals surface area contributed by atoms with Crippen molar-refractivity contribution in [2.75, 3.05) is 31.5 Å². The molecule has 0 aliphatic carbocycles. The zero-order chi connectivity index (χ0) is 20.7. The maximum Gasteiger partial charge on any atom is 0.282 e. The number of nitrogens with zero attached hydrogens (tertiary/aromatic N) is 4. The molecular weight excluding hydrogens is 396 g/mol. The number of benzene rings is 2. The molecule has 2 N–H and O–H groups in total. The molecule has 0 saturated carbocycles. The Bertz CT molecular complexity index is 1240. The fourth-order valence-electron chi connectivity index (χ4n) is 3.81. The van der Waals surface area contributed by atoms with Crippen molar-refractivity contribution in [2.24, 2.45) is 0 Å². The first kappa shape index (κ1) is 18.9. The molecule has 30 heavy (non-hydrogen) atoms. The number of anilines is 2. The van der Waals surface area contributed by atoms with Gasteiger partial charge in [0.25, 0.3) is 5.91 Å². The summed E-state index contributed by atoms with van der Waals surface area (Å²) in [5.41, 5.74) is 4.81. The molecule has 0 unspecified atom stereocenters. The molecule has 0 bridgehead atoms. The summed E-state index contributed by atoms with van der Waals surface area (Å²) in [7, 11) is 0. The average molecular weight is 419 g/mol. The number of fused-ring (bicyclic) bond motifs is 3. The van der Waals surface area contributed by atoms with E-state index in [0.29, 0.717) is 24.0 Å². The predicted molar refractivity (Wildman–Crippen MR) is 121 cm³/mol. The lowest BCUT2D eigenvalue weighted by molar-refractivity contribution is 0.0735. The van der Waals surface area contributed by atoms with Gasteiger partial charge in [0.15, 0.2) is 5.01 Å². The highest BCUT2D eigenvalue weighted by molar-refractivity contribution is 7.20. The highest BCUT2D eigenvalue weighted by Crippen LogP contribution is 2.30. The number of carbonyl (C=O) groups excluding carboxylic acids is 1. The Kier molecular flexibility index (Phi) is 4.80. The fourth-order valence-corrected chi connectivity index (χ4v) is 4.75. The third kappa shape index (κ3) is 3.59. The van der Waals surface area contributed by atoms with Gasteiger partial charge in [0.1, 0.15) is 11.0 Å². The van der Waals surface area contributed by atoms with Crippen LogP contribution in [0.2, 0.25) is 0 Å². The molecule has 2 aromatic heterocycles. The molecule has 1 aliphatic heterocycles. The van der Waals surface area contributed by atoms with Crippen molar-refractivity contribution in [2.45, 2.75) is 13.8 Å². The van der Waals surface area contributed by atoms with Crippen LogP contribution in [-0.2, 0) is 0 Å². The largest absolute Gasteiger partial charge is 0.334 e. The number of piperazine rings is 1. The van der Waals surface area contributed by atoms with Crippen molar-refractivity contribution in [3.8, 4) is 0 Å². The standard InChI is InChI=1S/C22H22N6OS/c1-13-9-14(2)11-16(10-13)25-22-24-12-15-3-4-17-19(18(15)27-22)26-20(30-17)21(29)28-7-5-23-6-8-28/h3-4,9-12,23H,5-8H2,1-2H3,(H,24,25,27). The Morgan fingerprint density at radius 1 is 1.07 bits per heavy atom. The Morgan fingerprint density at radius 3 is 2.60 bits per heavy atom. The fraction of sp³-hybridized carbons (Fsp3) is 0.273. The van der Waals surface area contributed by atoms with Crippen molar-refractivity contribution in [3.63, 3.8) is 0 Å². The highest BCUT2D eigenvalue weighted by atomic mass is 32.1. The van der Waals surface area contributed by atoms with E-state index < -0.39 is 0 Å². The SMILES string of the molecule is Cc1cc(C)cc(Nc2ncc3ccc4sc(C(=O)N5CCNCC5)nc4c3n2)c1. The average Bonchev–Trinajstić information content (AvgIpc) is 3.18. The maximum absolute atomic E-state index is 12.9. The van der Waals surface area contributed by atoms with Gasteiger partial charge in [-0.05, 0) is 49.2 Å². The van der Waals surface area contributed by atoms with Crippen LogP contribution in [0.15, 0.2) is 36.5 Å². The molecule has 1 fully saturated rings. The van der Waals surface area contributed by atoms with Gasteiger partial charge in [0.05, 0.1) is 4.70 Å². The van der Waals surface area contributed by atoms with Crippen LogP contribution < -0.4 is 10.6 Å². The quantitative estimate of drug-likeness (QED) is 0.529. The molecule has 0 radical (unpaired) electrons. The van der Waals surface area contributed by atoms with E-state index in [1.165, 1.54) is 22.5 Å². The second-order valence-corrected chi connectivity index (χ2v) is 8.64. The van der Waals surface area contributed by atoms with Gasteiger partial charge in [-0.1, -0.05) is 6.07 Å². The van der Waals surface area contributed by atoms with Gasteiger partial charge in [-0.2, -0.15) is 0 Å². The summed E-state index contributed by atoms with van der Waals surface area (Å²) >= 11 is 1.42. The van der Waals surface area contributed by atoms with Gasteiger partial charge in [-0.15, -0.1) is 11.3 Å². The Morgan fingerprint density at radius 2 is 1.83 bits per heavy atom. The third-order valence-electron chi connectivity index (χ3n) is 5.17. The minimum absolute atomic E-state index is 0.00603. The van der Waals surface area contributed by atoms with Crippen LogP contribution in [0.5, 0.6) is 0 Å². The van der Waals surface area contributed by atoms with E-state index in [0.717, 1.165) is 39.9 Å². The second-order valence-electron chi connectivity index (χ2n) is 7.61. The molecule has 5 rings (SSSR count). The Labute approximate surface area is 178 Å². The number of carbonyl (C=O) groups is 1. The summed E-state index contributed by atoms with van der Waals surface area (Å²) in [6.45, 7) is 7.19. The summed E-state index contributed by atoms with van der Waals surface area (Å²) in [6, 6.07) is 10.2. The van der Waals surface area contributed by atoms with Crippen LogP contribution in [0, 0.1) is 13.8 Å². The first-order valence-corrected chi connectivity index (χ1v) is 10.8. The van der Waals surface area contributed by atoms with Crippen molar-refractivity contribution in [1.82, 2.24) is 25.2 Å². The van der Waals surface area contributed by atoms with E-state index in [-0.39, 0.29) is 5.91 Å². The number of amides is 1.